The van der Waals surface area contributed by atoms with Crippen molar-refractivity contribution in [3.8, 4) is 0 Å². The molecule has 1 aliphatic rings. The van der Waals surface area contributed by atoms with E-state index in [0.717, 1.165) is 16.1 Å². The molecule has 26 heavy (non-hydrogen) atoms. The van der Waals surface area contributed by atoms with Crippen molar-refractivity contribution in [1.29, 1.82) is 0 Å². The van der Waals surface area contributed by atoms with E-state index in [1.54, 1.807) is 24.0 Å². The van der Waals surface area contributed by atoms with Crippen molar-refractivity contribution in [2.24, 2.45) is 0 Å². The number of hydrogen-bond donors (Lipinski definition) is 2. The molecule has 1 aromatic heterocycles. The molecule has 2 aromatic rings. The Morgan fingerprint density at radius 2 is 2.12 bits per heavy atom. The van der Waals surface area contributed by atoms with Crippen LogP contribution in [0.3, 0.4) is 0 Å². The second kappa shape index (κ2) is 8.37. The SMILES string of the molecule is CCOC(=O)Nc1nc2c(s1)CN(C(=O)NCc1ccc(Cl)cc1)CC2. The second-order valence-electron chi connectivity index (χ2n) is 5.69. The third kappa shape index (κ3) is 4.64. The van der Waals surface area contributed by atoms with Gasteiger partial charge >= 0.3 is 12.1 Å². The van der Waals surface area contributed by atoms with Gasteiger partial charge in [0.1, 0.15) is 0 Å². The molecule has 0 radical (unpaired) electrons. The van der Waals surface area contributed by atoms with Gasteiger partial charge in [0.05, 0.1) is 18.8 Å². The number of halogens is 1. The van der Waals surface area contributed by atoms with Crippen LogP contribution in [-0.2, 0) is 24.2 Å². The number of nitrogens with one attached hydrogen (secondary N) is 2. The van der Waals surface area contributed by atoms with Gasteiger partial charge in [0.2, 0.25) is 0 Å². The minimum absolute atomic E-state index is 0.126. The Hall–Kier alpha value is -2.32. The molecular weight excluding hydrogens is 376 g/mol. The first-order chi connectivity index (χ1) is 12.5. The van der Waals surface area contributed by atoms with Crippen LogP contribution in [0.25, 0.3) is 0 Å². The molecule has 0 atom stereocenters. The number of benzene rings is 1. The molecule has 0 saturated heterocycles. The van der Waals surface area contributed by atoms with Gasteiger partial charge in [-0.3, -0.25) is 5.32 Å². The van der Waals surface area contributed by atoms with Gasteiger partial charge in [-0.05, 0) is 24.6 Å². The molecule has 3 rings (SSSR count). The number of thiazole rings is 1. The van der Waals surface area contributed by atoms with Crippen molar-refractivity contribution < 1.29 is 14.3 Å². The highest BCUT2D eigenvalue weighted by molar-refractivity contribution is 7.15. The summed E-state index contributed by atoms with van der Waals surface area (Å²) >= 11 is 7.23. The maximum Gasteiger partial charge on any atom is 0.413 e. The van der Waals surface area contributed by atoms with E-state index >= 15 is 0 Å². The lowest BCUT2D eigenvalue weighted by atomic mass is 10.2. The van der Waals surface area contributed by atoms with Crippen LogP contribution in [0.15, 0.2) is 24.3 Å². The van der Waals surface area contributed by atoms with Crippen LogP contribution >= 0.6 is 22.9 Å². The molecule has 7 nitrogen and oxygen atoms in total. The van der Waals surface area contributed by atoms with E-state index in [1.807, 2.05) is 12.1 Å². The van der Waals surface area contributed by atoms with Crippen LogP contribution < -0.4 is 10.6 Å². The molecule has 0 spiro atoms. The van der Waals surface area contributed by atoms with Gasteiger partial charge in [0, 0.05) is 29.4 Å². The highest BCUT2D eigenvalue weighted by Gasteiger charge is 2.24. The number of hydrogen-bond acceptors (Lipinski definition) is 5. The van der Waals surface area contributed by atoms with Crippen molar-refractivity contribution >= 4 is 40.2 Å². The average molecular weight is 395 g/mol. The predicted octanol–water partition coefficient (Wildman–Crippen LogP) is 3.63. The quantitative estimate of drug-likeness (QED) is 0.829. The first-order valence-corrected chi connectivity index (χ1v) is 9.44. The van der Waals surface area contributed by atoms with Crippen LogP contribution in [0.4, 0.5) is 14.7 Å². The summed E-state index contributed by atoms with van der Waals surface area (Å²) in [5.41, 5.74) is 1.91. The van der Waals surface area contributed by atoms with Crippen LogP contribution in [0, 0.1) is 0 Å². The van der Waals surface area contributed by atoms with Crippen molar-refractivity contribution in [2.45, 2.75) is 26.4 Å². The number of fused-ring (bicyclic) bond motifs is 1. The Bertz CT molecular complexity index is 794. The van der Waals surface area contributed by atoms with Gasteiger partial charge < -0.3 is 15.0 Å². The van der Waals surface area contributed by atoms with Gasteiger partial charge in [0.15, 0.2) is 5.13 Å². The highest BCUT2D eigenvalue weighted by atomic mass is 35.5. The molecule has 0 bridgehead atoms. The highest BCUT2D eigenvalue weighted by Crippen LogP contribution is 2.28. The third-order valence-electron chi connectivity index (χ3n) is 3.86. The number of urea groups is 1. The summed E-state index contributed by atoms with van der Waals surface area (Å²) in [7, 11) is 0. The van der Waals surface area contributed by atoms with E-state index in [1.165, 1.54) is 11.3 Å². The molecule has 3 amide bonds. The zero-order chi connectivity index (χ0) is 18.5. The van der Waals surface area contributed by atoms with Crippen molar-refractivity contribution in [1.82, 2.24) is 15.2 Å². The van der Waals surface area contributed by atoms with E-state index in [9.17, 15) is 9.59 Å². The summed E-state index contributed by atoms with van der Waals surface area (Å²) in [5.74, 6) is 0. The van der Waals surface area contributed by atoms with E-state index in [0.29, 0.717) is 42.8 Å². The summed E-state index contributed by atoms with van der Waals surface area (Å²) in [5, 5.41) is 6.69. The first kappa shape index (κ1) is 18.5. The molecule has 1 aromatic carbocycles. The maximum atomic E-state index is 12.4. The molecule has 2 N–H and O–H groups in total. The number of carbonyl (C=O) groups excluding carboxylic acids is 2. The molecule has 138 valence electrons. The average Bonchev–Trinajstić information content (AvgIpc) is 3.02. The minimum Gasteiger partial charge on any atom is -0.450 e. The zero-order valence-corrected chi connectivity index (χ0v) is 15.8. The maximum absolute atomic E-state index is 12.4. The first-order valence-electron chi connectivity index (χ1n) is 8.24. The largest absolute Gasteiger partial charge is 0.450 e. The van der Waals surface area contributed by atoms with E-state index in [-0.39, 0.29) is 6.03 Å². The zero-order valence-electron chi connectivity index (χ0n) is 14.3. The minimum atomic E-state index is -0.517. The van der Waals surface area contributed by atoms with Crippen molar-refractivity contribution in [3.05, 3.63) is 45.4 Å². The Kier molecular flexibility index (Phi) is 5.95. The Balaban J connectivity index is 1.55. The predicted molar refractivity (Wildman–Crippen MR) is 101 cm³/mol. The summed E-state index contributed by atoms with van der Waals surface area (Å²) in [6.45, 7) is 3.55. The molecule has 1 aliphatic heterocycles. The lowest BCUT2D eigenvalue weighted by molar-refractivity contribution is 0.168. The Morgan fingerprint density at radius 3 is 2.85 bits per heavy atom. The molecule has 0 unspecified atom stereocenters. The van der Waals surface area contributed by atoms with Crippen molar-refractivity contribution in [3.63, 3.8) is 0 Å². The number of carbonyl (C=O) groups is 2. The fourth-order valence-electron chi connectivity index (χ4n) is 2.57. The smallest absolute Gasteiger partial charge is 0.413 e. The Labute approximate surface area is 160 Å². The summed E-state index contributed by atoms with van der Waals surface area (Å²) < 4.78 is 4.85. The normalized spacial score (nSPS) is 13.1. The lowest BCUT2D eigenvalue weighted by Crippen LogP contribution is -2.42. The monoisotopic (exact) mass is 394 g/mol. The van der Waals surface area contributed by atoms with Crippen molar-refractivity contribution in [2.75, 3.05) is 18.5 Å². The summed E-state index contributed by atoms with van der Waals surface area (Å²) in [6.07, 6.45) is 0.140. The molecule has 0 aliphatic carbocycles. The number of nitrogens with zero attached hydrogens (tertiary/aromatic N) is 2. The lowest BCUT2D eigenvalue weighted by Gasteiger charge is -2.26. The fraction of sp³-hybridized carbons (Fsp3) is 0.353. The van der Waals surface area contributed by atoms with Gasteiger partial charge in [-0.15, -0.1) is 0 Å². The fourth-order valence-corrected chi connectivity index (χ4v) is 3.70. The number of anilines is 1. The molecule has 9 heteroatoms. The van der Waals surface area contributed by atoms with E-state index < -0.39 is 6.09 Å². The number of amides is 3. The van der Waals surface area contributed by atoms with Gasteiger partial charge in [-0.25, -0.2) is 14.6 Å². The molecular formula is C17H19ClN4O3S. The number of aromatic nitrogens is 1. The Morgan fingerprint density at radius 1 is 1.35 bits per heavy atom. The number of rotatable bonds is 4. The van der Waals surface area contributed by atoms with Crippen LogP contribution in [0.5, 0.6) is 0 Å². The second-order valence-corrected chi connectivity index (χ2v) is 7.21. The standard InChI is InChI=1S/C17H19ClN4O3S/c1-2-25-17(24)21-15-20-13-7-8-22(10-14(13)26-15)16(23)19-9-11-3-5-12(18)6-4-11/h3-6H,2,7-10H2,1H3,(H,19,23)(H,20,21,24). The third-order valence-corrected chi connectivity index (χ3v) is 5.11. The van der Waals surface area contributed by atoms with Gasteiger partial charge in [-0.2, -0.15) is 0 Å². The molecule has 2 heterocycles. The van der Waals surface area contributed by atoms with Crippen LogP contribution in [0.1, 0.15) is 23.1 Å². The molecule has 0 fully saturated rings. The van der Waals surface area contributed by atoms with Gasteiger partial charge in [0.25, 0.3) is 0 Å². The van der Waals surface area contributed by atoms with E-state index in [2.05, 4.69) is 15.6 Å². The van der Waals surface area contributed by atoms with Crippen LogP contribution in [0.2, 0.25) is 5.02 Å². The van der Waals surface area contributed by atoms with Gasteiger partial charge in [-0.1, -0.05) is 35.1 Å². The topological polar surface area (TPSA) is 83.6 Å². The summed E-state index contributed by atoms with van der Waals surface area (Å²) in [4.78, 5) is 31.0. The van der Waals surface area contributed by atoms with E-state index in [4.69, 9.17) is 16.3 Å². The summed E-state index contributed by atoms with van der Waals surface area (Å²) in [6, 6.07) is 7.23. The number of ether oxygens (including phenoxy) is 1. The molecule has 0 saturated carbocycles. The van der Waals surface area contributed by atoms with Crippen LogP contribution in [-0.4, -0.2) is 35.2 Å².